The molecular weight excluding hydrogens is 322 g/mol. The average Bonchev–Trinajstić information content (AvgIpc) is 2.57. The maximum Gasteiger partial charge on any atom is 0.314 e. The summed E-state index contributed by atoms with van der Waals surface area (Å²) in [7, 11) is 1.42. The van der Waals surface area contributed by atoms with Crippen LogP contribution in [0, 0.1) is 37.8 Å². The minimum atomic E-state index is -0.561. The summed E-state index contributed by atoms with van der Waals surface area (Å²) in [6.45, 7) is 7.48. The van der Waals surface area contributed by atoms with E-state index in [1.54, 1.807) is 6.07 Å². The number of nitro groups is 1. The Hall–Kier alpha value is -2.89. The fourth-order valence-electron chi connectivity index (χ4n) is 2.82. The minimum absolute atomic E-state index is 0.0401. The quantitative estimate of drug-likeness (QED) is 0.448. The number of aryl methyl sites for hydroxylation is 2. The number of benzene rings is 2. The predicted molar refractivity (Wildman–Crippen MR) is 94.9 cm³/mol. The van der Waals surface area contributed by atoms with Gasteiger partial charge >= 0.3 is 5.69 Å². The van der Waals surface area contributed by atoms with Crippen LogP contribution < -0.4 is 9.47 Å². The normalized spacial score (nSPS) is 10.4. The SMILES string of the molecule is COc1ccc(OCC(=O)c2c(C)cc(C)c(C)c2C)c([N+](=O)[O-])c1. The summed E-state index contributed by atoms with van der Waals surface area (Å²) in [6.07, 6.45) is 0. The van der Waals surface area contributed by atoms with E-state index in [2.05, 4.69) is 0 Å². The highest BCUT2D eigenvalue weighted by Gasteiger charge is 2.20. The van der Waals surface area contributed by atoms with Crippen molar-refractivity contribution in [2.24, 2.45) is 0 Å². The molecule has 2 rings (SSSR count). The number of ether oxygens (including phenoxy) is 2. The van der Waals surface area contributed by atoms with Gasteiger partial charge in [0.15, 0.2) is 12.4 Å². The zero-order valence-corrected chi connectivity index (χ0v) is 15.0. The Morgan fingerprint density at radius 1 is 1.08 bits per heavy atom. The van der Waals surface area contributed by atoms with Crippen molar-refractivity contribution in [3.8, 4) is 11.5 Å². The fraction of sp³-hybridized carbons (Fsp3) is 0.316. The van der Waals surface area contributed by atoms with E-state index in [-0.39, 0.29) is 23.8 Å². The molecule has 0 amide bonds. The highest BCUT2D eigenvalue weighted by molar-refractivity contribution is 6.00. The molecule has 0 saturated heterocycles. The molecule has 6 nitrogen and oxygen atoms in total. The van der Waals surface area contributed by atoms with Crippen molar-refractivity contribution in [1.82, 2.24) is 0 Å². The van der Waals surface area contributed by atoms with Gasteiger partial charge < -0.3 is 9.47 Å². The van der Waals surface area contributed by atoms with Crippen molar-refractivity contribution < 1.29 is 19.2 Å². The summed E-state index contributed by atoms with van der Waals surface area (Å²) in [5.74, 6) is 0.188. The Morgan fingerprint density at radius 2 is 1.76 bits per heavy atom. The first-order valence-electron chi connectivity index (χ1n) is 7.82. The number of nitrogens with zero attached hydrogens (tertiary/aromatic N) is 1. The topological polar surface area (TPSA) is 78.7 Å². The molecule has 0 bridgehead atoms. The second kappa shape index (κ2) is 7.34. The number of Topliss-reactive ketones (excluding diaryl/α,β-unsaturated/α-hetero) is 1. The molecule has 0 fully saturated rings. The van der Waals surface area contributed by atoms with Gasteiger partial charge in [-0.2, -0.15) is 0 Å². The summed E-state index contributed by atoms with van der Waals surface area (Å²) < 4.78 is 10.4. The molecule has 0 aromatic heterocycles. The van der Waals surface area contributed by atoms with Crippen molar-refractivity contribution in [1.29, 1.82) is 0 Å². The van der Waals surface area contributed by atoms with Crippen LogP contribution in [-0.4, -0.2) is 24.4 Å². The molecule has 6 heteroatoms. The molecule has 0 atom stereocenters. The van der Waals surface area contributed by atoms with Crippen molar-refractivity contribution in [3.63, 3.8) is 0 Å². The molecule has 2 aromatic carbocycles. The highest BCUT2D eigenvalue weighted by Crippen LogP contribution is 2.31. The van der Waals surface area contributed by atoms with Crippen LogP contribution >= 0.6 is 0 Å². The van der Waals surface area contributed by atoms with Crippen LogP contribution in [0.3, 0.4) is 0 Å². The highest BCUT2D eigenvalue weighted by atomic mass is 16.6. The lowest BCUT2D eigenvalue weighted by Crippen LogP contribution is -2.16. The Bertz CT molecular complexity index is 842. The smallest absolute Gasteiger partial charge is 0.314 e. The van der Waals surface area contributed by atoms with Gasteiger partial charge in [0.25, 0.3) is 0 Å². The van der Waals surface area contributed by atoms with E-state index >= 15 is 0 Å². The molecule has 0 saturated carbocycles. The van der Waals surface area contributed by atoms with E-state index < -0.39 is 4.92 Å². The van der Waals surface area contributed by atoms with Gasteiger partial charge in [0.2, 0.25) is 5.78 Å². The number of hydrogen-bond acceptors (Lipinski definition) is 5. The Balaban J connectivity index is 2.27. The average molecular weight is 343 g/mol. The van der Waals surface area contributed by atoms with Gasteiger partial charge in [-0.15, -0.1) is 0 Å². The molecule has 0 aliphatic carbocycles. The summed E-state index contributed by atoms with van der Waals surface area (Å²) in [5.41, 5.74) is 4.34. The molecule has 2 aromatic rings. The maximum atomic E-state index is 12.6. The van der Waals surface area contributed by atoms with Gasteiger partial charge in [0.05, 0.1) is 18.1 Å². The van der Waals surface area contributed by atoms with Gasteiger partial charge in [-0.3, -0.25) is 14.9 Å². The zero-order chi connectivity index (χ0) is 18.7. The third-order valence-corrected chi connectivity index (χ3v) is 4.36. The lowest BCUT2D eigenvalue weighted by molar-refractivity contribution is -0.385. The van der Waals surface area contributed by atoms with Crippen molar-refractivity contribution >= 4 is 11.5 Å². The summed E-state index contributed by atoms with van der Waals surface area (Å²) in [4.78, 5) is 23.2. The molecule has 0 N–H and O–H groups in total. The second-order valence-electron chi connectivity index (χ2n) is 5.94. The molecule has 0 heterocycles. The number of hydrogen-bond donors (Lipinski definition) is 0. The van der Waals surface area contributed by atoms with Crippen LogP contribution in [0.15, 0.2) is 24.3 Å². The van der Waals surface area contributed by atoms with Gasteiger partial charge in [0, 0.05) is 5.56 Å². The van der Waals surface area contributed by atoms with E-state index in [4.69, 9.17) is 9.47 Å². The molecular formula is C19H21NO5. The molecule has 25 heavy (non-hydrogen) atoms. The summed E-state index contributed by atoms with van der Waals surface area (Å²) in [5, 5.41) is 11.2. The van der Waals surface area contributed by atoms with E-state index in [0.717, 1.165) is 22.3 Å². The lowest BCUT2D eigenvalue weighted by atomic mass is 9.92. The molecule has 0 spiro atoms. The maximum absolute atomic E-state index is 12.6. The van der Waals surface area contributed by atoms with E-state index in [1.807, 2.05) is 33.8 Å². The Kier molecular flexibility index (Phi) is 5.41. The Morgan fingerprint density at radius 3 is 2.36 bits per heavy atom. The largest absolute Gasteiger partial charge is 0.496 e. The van der Waals surface area contributed by atoms with Crippen LogP contribution in [-0.2, 0) is 0 Å². The van der Waals surface area contributed by atoms with Gasteiger partial charge in [-0.05, 0) is 62.1 Å². The summed E-state index contributed by atoms with van der Waals surface area (Å²) in [6, 6.07) is 6.22. The lowest BCUT2D eigenvalue weighted by Gasteiger charge is -2.14. The van der Waals surface area contributed by atoms with Gasteiger partial charge in [-0.25, -0.2) is 0 Å². The zero-order valence-electron chi connectivity index (χ0n) is 15.0. The van der Waals surface area contributed by atoms with Crippen LogP contribution in [0.1, 0.15) is 32.6 Å². The molecule has 0 unspecified atom stereocenters. The van der Waals surface area contributed by atoms with Crippen LogP contribution in [0.4, 0.5) is 5.69 Å². The van der Waals surface area contributed by atoms with Gasteiger partial charge in [-0.1, -0.05) is 6.07 Å². The number of carbonyl (C=O) groups excluding carboxylic acids is 1. The monoisotopic (exact) mass is 343 g/mol. The molecule has 132 valence electrons. The second-order valence-corrected chi connectivity index (χ2v) is 5.94. The van der Waals surface area contributed by atoms with Crippen molar-refractivity contribution in [3.05, 3.63) is 62.2 Å². The Labute approximate surface area is 146 Å². The first kappa shape index (κ1) is 18.4. The van der Waals surface area contributed by atoms with Gasteiger partial charge in [0.1, 0.15) is 5.75 Å². The predicted octanol–water partition coefficient (Wildman–Crippen LogP) is 4.10. The third kappa shape index (κ3) is 3.79. The standard InChI is InChI=1S/C19H21NO5/c1-11-8-12(2)19(14(4)13(11)3)17(21)10-25-18-7-6-15(24-5)9-16(18)20(22)23/h6-9H,10H2,1-5H3. The van der Waals surface area contributed by atoms with Crippen LogP contribution in [0.5, 0.6) is 11.5 Å². The number of nitro benzene ring substituents is 1. The summed E-state index contributed by atoms with van der Waals surface area (Å²) >= 11 is 0. The van der Waals surface area contributed by atoms with E-state index in [1.165, 1.54) is 19.2 Å². The van der Waals surface area contributed by atoms with Crippen LogP contribution in [0.25, 0.3) is 0 Å². The van der Waals surface area contributed by atoms with Crippen molar-refractivity contribution in [2.75, 3.05) is 13.7 Å². The number of ketones is 1. The fourth-order valence-corrected chi connectivity index (χ4v) is 2.82. The number of rotatable bonds is 6. The molecule has 0 aliphatic rings. The number of carbonyl (C=O) groups is 1. The van der Waals surface area contributed by atoms with E-state index in [9.17, 15) is 14.9 Å². The van der Waals surface area contributed by atoms with E-state index in [0.29, 0.717) is 11.3 Å². The van der Waals surface area contributed by atoms with Crippen LogP contribution in [0.2, 0.25) is 0 Å². The number of methoxy groups -OCH3 is 1. The third-order valence-electron chi connectivity index (χ3n) is 4.36. The minimum Gasteiger partial charge on any atom is -0.496 e. The molecule has 0 aliphatic heterocycles. The first-order chi connectivity index (χ1) is 11.8. The van der Waals surface area contributed by atoms with Crippen molar-refractivity contribution in [2.45, 2.75) is 27.7 Å². The first-order valence-corrected chi connectivity index (χ1v) is 7.82. The molecule has 0 radical (unpaired) electrons.